The highest BCUT2D eigenvalue weighted by Crippen LogP contribution is 2.38. The number of nitrogen functional groups attached to an aromatic ring is 1. The molecule has 3 rings (SSSR count). The first-order chi connectivity index (χ1) is 18.7. The van der Waals surface area contributed by atoms with Crippen molar-refractivity contribution < 1.29 is 38.2 Å². The van der Waals surface area contributed by atoms with Crippen molar-refractivity contribution in [1.29, 1.82) is 0 Å². The van der Waals surface area contributed by atoms with Gasteiger partial charge >= 0.3 is 0 Å². The molecule has 13 nitrogen and oxygen atoms in total. The van der Waals surface area contributed by atoms with Crippen LogP contribution in [0.3, 0.4) is 0 Å². The Bertz CT molecular complexity index is 1060. The summed E-state index contributed by atoms with van der Waals surface area (Å²) in [6, 6.07) is 5.06. The Balaban J connectivity index is 1.36. The molecule has 2 aliphatic rings. The smallest absolute Gasteiger partial charge is 0.255 e. The van der Waals surface area contributed by atoms with Gasteiger partial charge in [-0.25, -0.2) is 0 Å². The number of nitrogens with zero attached hydrogens (tertiary/aromatic N) is 1. The van der Waals surface area contributed by atoms with Crippen LogP contribution < -0.4 is 21.7 Å². The van der Waals surface area contributed by atoms with E-state index >= 15 is 0 Å². The van der Waals surface area contributed by atoms with Gasteiger partial charge in [0.1, 0.15) is 5.54 Å². The summed E-state index contributed by atoms with van der Waals surface area (Å²) in [6.07, 6.45) is 0.526. The van der Waals surface area contributed by atoms with E-state index in [2.05, 4.69) is 16.0 Å². The van der Waals surface area contributed by atoms with Gasteiger partial charge in [-0.2, -0.15) is 0 Å². The summed E-state index contributed by atoms with van der Waals surface area (Å²) in [7, 11) is 0. The van der Waals surface area contributed by atoms with Gasteiger partial charge in [-0.05, 0) is 25.0 Å². The van der Waals surface area contributed by atoms with E-state index < -0.39 is 11.4 Å². The average molecular weight is 548 g/mol. The Morgan fingerprint density at radius 3 is 2.36 bits per heavy atom. The van der Waals surface area contributed by atoms with Gasteiger partial charge in [0.2, 0.25) is 17.7 Å². The van der Waals surface area contributed by atoms with Gasteiger partial charge in [0.15, 0.2) is 0 Å². The molecule has 0 aliphatic carbocycles. The van der Waals surface area contributed by atoms with Crippen molar-refractivity contribution >= 4 is 35.2 Å². The van der Waals surface area contributed by atoms with E-state index in [0.29, 0.717) is 56.4 Å². The molecule has 1 aromatic rings. The van der Waals surface area contributed by atoms with Gasteiger partial charge < -0.3 is 35.5 Å². The molecular weight excluding hydrogens is 510 g/mol. The molecule has 0 bridgehead atoms. The molecular formula is C26H37N5O8. The van der Waals surface area contributed by atoms with Crippen molar-refractivity contribution in [2.24, 2.45) is 0 Å². The molecule has 1 fully saturated rings. The summed E-state index contributed by atoms with van der Waals surface area (Å²) in [5.74, 6) is -1.62. The Hall–Kier alpha value is -3.55. The zero-order valence-corrected chi connectivity index (χ0v) is 22.2. The van der Waals surface area contributed by atoms with Gasteiger partial charge in [-0.15, -0.1) is 0 Å². The standard InChI is InChI=1S/C26H37N5O8/c1-18(32)28-10-12-38-14-16-39-15-13-37-11-6-22(33)29-9-8-26(7-5-23(34)30-25(26)36)31-17-20-19(24(31)35)3-2-4-21(20)27/h2-4H,5-17,27H2,1H3,(H,28,32)(H,29,33)(H,30,34,36). The molecule has 2 aliphatic heterocycles. The molecule has 5 amide bonds. The molecule has 214 valence electrons. The third kappa shape index (κ3) is 8.22. The van der Waals surface area contributed by atoms with Crippen LogP contribution in [-0.4, -0.2) is 92.7 Å². The van der Waals surface area contributed by atoms with Crippen LogP contribution >= 0.6 is 0 Å². The fourth-order valence-electron chi connectivity index (χ4n) is 4.58. The van der Waals surface area contributed by atoms with E-state index in [4.69, 9.17) is 19.9 Å². The van der Waals surface area contributed by atoms with Crippen LogP contribution in [0.5, 0.6) is 0 Å². The predicted octanol–water partition coefficient (Wildman–Crippen LogP) is -0.518. The Morgan fingerprint density at radius 1 is 1.00 bits per heavy atom. The van der Waals surface area contributed by atoms with Crippen molar-refractivity contribution in [1.82, 2.24) is 20.9 Å². The summed E-state index contributed by atoms with van der Waals surface area (Å²) in [5.41, 5.74) is 6.36. The summed E-state index contributed by atoms with van der Waals surface area (Å²) in [6.45, 7) is 4.27. The number of carbonyl (C=O) groups is 5. The Kier molecular flexibility index (Phi) is 11.2. The highest BCUT2D eigenvalue weighted by molar-refractivity contribution is 6.08. The first-order valence-electron chi connectivity index (χ1n) is 13.0. The van der Waals surface area contributed by atoms with Gasteiger partial charge in [0, 0.05) is 56.2 Å². The third-order valence-corrected chi connectivity index (χ3v) is 6.66. The number of carbonyl (C=O) groups excluding carboxylic acids is 5. The van der Waals surface area contributed by atoms with Crippen molar-refractivity contribution in [3.05, 3.63) is 29.3 Å². The highest BCUT2D eigenvalue weighted by atomic mass is 16.5. The summed E-state index contributed by atoms with van der Waals surface area (Å²) in [5, 5.41) is 7.76. The minimum Gasteiger partial charge on any atom is -0.398 e. The van der Waals surface area contributed by atoms with Crippen LogP contribution in [0.4, 0.5) is 5.69 Å². The third-order valence-electron chi connectivity index (χ3n) is 6.66. The van der Waals surface area contributed by atoms with E-state index in [-0.39, 0.29) is 69.0 Å². The lowest BCUT2D eigenvalue weighted by molar-refractivity contribution is -0.143. The molecule has 1 atom stereocenters. The Morgan fingerprint density at radius 2 is 1.69 bits per heavy atom. The van der Waals surface area contributed by atoms with Crippen molar-refractivity contribution in [2.45, 2.75) is 44.7 Å². The molecule has 0 radical (unpaired) electrons. The summed E-state index contributed by atoms with van der Waals surface area (Å²) >= 11 is 0. The predicted molar refractivity (Wildman–Crippen MR) is 139 cm³/mol. The quantitative estimate of drug-likeness (QED) is 0.120. The van der Waals surface area contributed by atoms with Crippen LogP contribution in [0.25, 0.3) is 0 Å². The van der Waals surface area contributed by atoms with Crippen LogP contribution in [0, 0.1) is 0 Å². The van der Waals surface area contributed by atoms with E-state index in [1.54, 1.807) is 18.2 Å². The van der Waals surface area contributed by atoms with E-state index in [9.17, 15) is 24.0 Å². The number of nitrogens with one attached hydrogen (secondary N) is 3. The van der Waals surface area contributed by atoms with E-state index in [1.165, 1.54) is 11.8 Å². The van der Waals surface area contributed by atoms with Crippen LogP contribution in [0.1, 0.15) is 48.5 Å². The number of ether oxygens (including phenoxy) is 3. The van der Waals surface area contributed by atoms with Crippen molar-refractivity contribution in [3.63, 3.8) is 0 Å². The number of rotatable bonds is 16. The number of benzene rings is 1. The van der Waals surface area contributed by atoms with Gasteiger partial charge in [-0.1, -0.05) is 6.07 Å². The number of hydrogen-bond acceptors (Lipinski definition) is 9. The van der Waals surface area contributed by atoms with Crippen molar-refractivity contribution in [2.75, 3.05) is 58.5 Å². The molecule has 0 saturated carbocycles. The minimum absolute atomic E-state index is 0.0917. The fourth-order valence-corrected chi connectivity index (χ4v) is 4.58. The largest absolute Gasteiger partial charge is 0.398 e. The molecule has 39 heavy (non-hydrogen) atoms. The molecule has 0 aromatic heterocycles. The van der Waals surface area contributed by atoms with Gasteiger partial charge in [-0.3, -0.25) is 29.3 Å². The van der Waals surface area contributed by atoms with Crippen LogP contribution in [0.2, 0.25) is 0 Å². The first kappa shape index (κ1) is 30.0. The van der Waals surface area contributed by atoms with Gasteiger partial charge in [0.05, 0.1) is 39.6 Å². The van der Waals surface area contributed by atoms with Crippen LogP contribution in [0.15, 0.2) is 18.2 Å². The number of amides is 5. The zero-order chi connectivity index (χ0) is 28.3. The summed E-state index contributed by atoms with van der Waals surface area (Å²) in [4.78, 5) is 62.6. The molecule has 13 heteroatoms. The van der Waals surface area contributed by atoms with E-state index in [1.807, 2.05) is 0 Å². The number of piperidine rings is 1. The fraction of sp³-hybridized carbons (Fsp3) is 0.577. The summed E-state index contributed by atoms with van der Waals surface area (Å²) < 4.78 is 16.1. The zero-order valence-electron chi connectivity index (χ0n) is 22.2. The molecule has 2 heterocycles. The lowest BCUT2D eigenvalue weighted by atomic mass is 9.83. The number of hydrogen-bond donors (Lipinski definition) is 4. The molecule has 1 aromatic carbocycles. The number of fused-ring (bicyclic) bond motifs is 1. The Labute approximate surface area is 227 Å². The second-order valence-electron chi connectivity index (χ2n) is 9.34. The number of nitrogens with two attached hydrogens (primary N) is 1. The molecule has 1 saturated heterocycles. The lowest BCUT2D eigenvalue weighted by Crippen LogP contribution is -2.63. The van der Waals surface area contributed by atoms with Gasteiger partial charge in [0.25, 0.3) is 11.8 Å². The topological polar surface area (TPSA) is 178 Å². The van der Waals surface area contributed by atoms with Crippen LogP contribution in [-0.2, 0) is 39.9 Å². The molecule has 0 spiro atoms. The van der Waals surface area contributed by atoms with Crippen molar-refractivity contribution in [3.8, 4) is 0 Å². The highest BCUT2D eigenvalue weighted by Gasteiger charge is 2.51. The average Bonchev–Trinajstić information content (AvgIpc) is 3.24. The normalized spacial score (nSPS) is 18.6. The first-order valence-corrected chi connectivity index (χ1v) is 13.0. The monoisotopic (exact) mass is 547 g/mol. The maximum Gasteiger partial charge on any atom is 0.255 e. The number of anilines is 1. The molecule has 1 unspecified atom stereocenters. The minimum atomic E-state index is -1.27. The number of imide groups is 1. The maximum absolute atomic E-state index is 13.2. The molecule has 5 N–H and O–H groups in total. The van der Waals surface area contributed by atoms with E-state index in [0.717, 1.165) is 0 Å². The lowest BCUT2D eigenvalue weighted by Gasteiger charge is -2.42. The SMILES string of the molecule is CC(=O)NCCOCCOCCOCCC(=O)NCCC1(N2Cc3c(N)cccc3C2=O)CCC(=O)NC1=O. The maximum atomic E-state index is 13.2. The second-order valence-corrected chi connectivity index (χ2v) is 9.34. The second kappa shape index (κ2) is 14.6.